The topological polar surface area (TPSA) is 47.6 Å². The first-order chi connectivity index (χ1) is 11.9. The second kappa shape index (κ2) is 8.56. The van der Waals surface area contributed by atoms with Crippen LogP contribution in [0, 0.1) is 13.8 Å². The number of aryl methyl sites for hydroxylation is 1. The summed E-state index contributed by atoms with van der Waals surface area (Å²) in [6.45, 7) is 9.93. The Morgan fingerprint density at radius 3 is 2.32 bits per heavy atom. The van der Waals surface area contributed by atoms with E-state index < -0.39 is 6.10 Å². The van der Waals surface area contributed by atoms with Crippen molar-refractivity contribution in [1.82, 2.24) is 0 Å². The van der Waals surface area contributed by atoms with Crippen LogP contribution in [-0.4, -0.2) is 18.1 Å². The minimum absolute atomic E-state index is 0.121. The molecule has 134 valence electrons. The Balaban J connectivity index is 2.03. The van der Waals surface area contributed by atoms with Gasteiger partial charge in [0.05, 0.1) is 6.10 Å². The summed E-state index contributed by atoms with van der Waals surface area (Å²) < 4.78 is 11.6. The minimum atomic E-state index is -0.535. The van der Waals surface area contributed by atoms with E-state index in [2.05, 4.69) is 5.32 Å². The van der Waals surface area contributed by atoms with Gasteiger partial charge >= 0.3 is 0 Å². The zero-order valence-electron chi connectivity index (χ0n) is 15.6. The summed E-state index contributed by atoms with van der Waals surface area (Å²) in [5.74, 6) is 1.38. The third kappa shape index (κ3) is 5.24. The molecule has 1 unspecified atom stereocenters. The van der Waals surface area contributed by atoms with Crippen LogP contribution in [0.25, 0.3) is 0 Å². The number of carbonyl (C=O) groups is 1. The fourth-order valence-corrected chi connectivity index (χ4v) is 2.44. The van der Waals surface area contributed by atoms with Crippen molar-refractivity contribution in [3.05, 3.63) is 53.6 Å². The maximum atomic E-state index is 12.5. The molecule has 0 bridgehead atoms. The van der Waals surface area contributed by atoms with Crippen molar-refractivity contribution in [2.45, 2.75) is 53.2 Å². The molecule has 0 fully saturated rings. The second-order valence-corrected chi connectivity index (χ2v) is 6.39. The van der Waals surface area contributed by atoms with E-state index >= 15 is 0 Å². The molecule has 0 radical (unpaired) electrons. The molecule has 0 heterocycles. The molecule has 0 aromatic heterocycles. The first-order valence-corrected chi connectivity index (χ1v) is 8.71. The maximum absolute atomic E-state index is 12.5. The molecule has 1 amide bonds. The number of rotatable bonds is 7. The van der Waals surface area contributed by atoms with Crippen LogP contribution in [0.1, 0.15) is 38.3 Å². The van der Waals surface area contributed by atoms with Gasteiger partial charge in [-0.1, -0.05) is 19.1 Å². The Morgan fingerprint density at radius 2 is 1.72 bits per heavy atom. The van der Waals surface area contributed by atoms with Crippen molar-refractivity contribution in [3.8, 4) is 11.5 Å². The van der Waals surface area contributed by atoms with Gasteiger partial charge in [-0.25, -0.2) is 0 Å². The molecular formula is C21H27NO3. The number of nitrogens with one attached hydrogen (secondary N) is 1. The van der Waals surface area contributed by atoms with Crippen LogP contribution in [0.15, 0.2) is 42.5 Å². The predicted octanol–water partition coefficient (Wildman–Crippen LogP) is 4.89. The number of hydrogen-bond acceptors (Lipinski definition) is 3. The highest BCUT2D eigenvalue weighted by molar-refractivity contribution is 5.94. The van der Waals surface area contributed by atoms with Crippen LogP contribution in [0.5, 0.6) is 11.5 Å². The summed E-state index contributed by atoms with van der Waals surface area (Å²) in [5, 5.41) is 2.91. The highest BCUT2D eigenvalue weighted by Gasteiger charge is 2.19. The molecule has 0 saturated heterocycles. The molecule has 4 nitrogen and oxygen atoms in total. The largest absolute Gasteiger partial charge is 0.491 e. The number of hydrogen-bond donors (Lipinski definition) is 1. The summed E-state index contributed by atoms with van der Waals surface area (Å²) in [6, 6.07) is 13.2. The molecule has 1 N–H and O–H groups in total. The van der Waals surface area contributed by atoms with E-state index in [1.165, 1.54) is 0 Å². The molecule has 2 rings (SSSR count). The van der Waals surface area contributed by atoms with Crippen LogP contribution in [-0.2, 0) is 4.79 Å². The van der Waals surface area contributed by atoms with Gasteiger partial charge in [-0.3, -0.25) is 4.79 Å². The third-order valence-corrected chi connectivity index (χ3v) is 3.98. The van der Waals surface area contributed by atoms with Crippen molar-refractivity contribution in [2.75, 3.05) is 5.32 Å². The molecule has 4 heteroatoms. The minimum Gasteiger partial charge on any atom is -0.491 e. The van der Waals surface area contributed by atoms with Gasteiger partial charge < -0.3 is 14.8 Å². The number of anilines is 1. The first kappa shape index (κ1) is 18.8. The number of benzene rings is 2. The number of amides is 1. The molecule has 0 aliphatic carbocycles. The Kier molecular flexibility index (Phi) is 6.45. The van der Waals surface area contributed by atoms with Crippen LogP contribution < -0.4 is 14.8 Å². The Labute approximate surface area is 150 Å². The van der Waals surface area contributed by atoms with Gasteiger partial charge in [-0.05, 0) is 75.6 Å². The standard InChI is InChI=1S/C21H27NO3/c1-6-19(25-20-9-7-8-15(4)16(20)5)21(23)22-17-10-12-18(13-11-17)24-14(2)3/h7-14,19H,6H2,1-5H3,(H,22,23). The van der Waals surface area contributed by atoms with Gasteiger partial charge in [0, 0.05) is 5.69 Å². The van der Waals surface area contributed by atoms with Gasteiger partial charge in [0.15, 0.2) is 6.10 Å². The Hall–Kier alpha value is -2.49. The molecule has 0 aliphatic heterocycles. The molecule has 25 heavy (non-hydrogen) atoms. The molecule has 2 aromatic carbocycles. The zero-order chi connectivity index (χ0) is 18.4. The molecule has 2 aromatic rings. The summed E-state index contributed by atoms with van der Waals surface area (Å²) in [5.41, 5.74) is 2.93. The van der Waals surface area contributed by atoms with Crippen LogP contribution in [0.3, 0.4) is 0 Å². The fraction of sp³-hybridized carbons (Fsp3) is 0.381. The second-order valence-electron chi connectivity index (χ2n) is 6.39. The molecular weight excluding hydrogens is 314 g/mol. The molecule has 0 spiro atoms. The Morgan fingerprint density at radius 1 is 1.04 bits per heavy atom. The van der Waals surface area contributed by atoms with Crippen LogP contribution in [0.2, 0.25) is 0 Å². The maximum Gasteiger partial charge on any atom is 0.265 e. The third-order valence-electron chi connectivity index (χ3n) is 3.98. The van der Waals surface area contributed by atoms with Crippen molar-refractivity contribution in [2.24, 2.45) is 0 Å². The average molecular weight is 341 g/mol. The summed E-state index contributed by atoms with van der Waals surface area (Å²) in [6.07, 6.45) is 0.177. The van der Waals surface area contributed by atoms with E-state index in [9.17, 15) is 4.79 Å². The van der Waals surface area contributed by atoms with Crippen molar-refractivity contribution < 1.29 is 14.3 Å². The summed E-state index contributed by atoms with van der Waals surface area (Å²) in [4.78, 5) is 12.5. The fourth-order valence-electron chi connectivity index (χ4n) is 2.44. The SMILES string of the molecule is CCC(Oc1cccc(C)c1C)C(=O)Nc1ccc(OC(C)C)cc1. The molecule has 0 saturated carbocycles. The number of carbonyl (C=O) groups excluding carboxylic acids is 1. The van der Waals surface area contributed by atoms with Gasteiger partial charge in [0.25, 0.3) is 5.91 Å². The zero-order valence-corrected chi connectivity index (χ0v) is 15.6. The van der Waals surface area contributed by atoms with E-state index in [4.69, 9.17) is 9.47 Å². The smallest absolute Gasteiger partial charge is 0.265 e. The number of ether oxygens (including phenoxy) is 2. The van der Waals surface area contributed by atoms with E-state index in [-0.39, 0.29) is 12.0 Å². The monoisotopic (exact) mass is 341 g/mol. The summed E-state index contributed by atoms with van der Waals surface area (Å²) in [7, 11) is 0. The van der Waals surface area contributed by atoms with E-state index in [0.29, 0.717) is 6.42 Å². The lowest BCUT2D eigenvalue weighted by Crippen LogP contribution is -2.32. The average Bonchev–Trinajstić information content (AvgIpc) is 2.57. The van der Waals surface area contributed by atoms with Gasteiger partial charge in [-0.2, -0.15) is 0 Å². The normalized spacial score (nSPS) is 11.9. The lowest BCUT2D eigenvalue weighted by molar-refractivity contribution is -0.122. The van der Waals surface area contributed by atoms with E-state index in [0.717, 1.165) is 28.3 Å². The van der Waals surface area contributed by atoms with Crippen molar-refractivity contribution in [3.63, 3.8) is 0 Å². The molecule has 1 atom stereocenters. The quantitative estimate of drug-likeness (QED) is 0.780. The van der Waals surface area contributed by atoms with Crippen LogP contribution in [0.4, 0.5) is 5.69 Å². The van der Waals surface area contributed by atoms with Crippen LogP contribution >= 0.6 is 0 Å². The lowest BCUT2D eigenvalue weighted by Gasteiger charge is -2.19. The van der Waals surface area contributed by atoms with Gasteiger partial charge in [-0.15, -0.1) is 0 Å². The first-order valence-electron chi connectivity index (χ1n) is 8.71. The van der Waals surface area contributed by atoms with Crippen molar-refractivity contribution in [1.29, 1.82) is 0 Å². The predicted molar refractivity (Wildman–Crippen MR) is 101 cm³/mol. The van der Waals surface area contributed by atoms with Crippen molar-refractivity contribution >= 4 is 11.6 Å². The van der Waals surface area contributed by atoms with E-state index in [1.54, 1.807) is 0 Å². The highest BCUT2D eigenvalue weighted by Crippen LogP contribution is 2.23. The summed E-state index contributed by atoms with van der Waals surface area (Å²) >= 11 is 0. The van der Waals surface area contributed by atoms with Gasteiger partial charge in [0.2, 0.25) is 0 Å². The lowest BCUT2D eigenvalue weighted by atomic mass is 10.1. The highest BCUT2D eigenvalue weighted by atomic mass is 16.5. The van der Waals surface area contributed by atoms with Gasteiger partial charge in [0.1, 0.15) is 11.5 Å². The van der Waals surface area contributed by atoms with E-state index in [1.807, 2.05) is 77.1 Å². The Bertz CT molecular complexity index is 708. The molecule has 0 aliphatic rings.